The van der Waals surface area contributed by atoms with Gasteiger partial charge >= 0.3 is 28.3 Å². The number of aromatic nitrogens is 3. The first-order valence-corrected chi connectivity index (χ1v) is 11.5. The standard InChI is InChI=1S/C21H23FN3O4.C3H4N2.Ag/c1-29-20-17-13(19(26)14(21(27)28)9-25(17)12-4-5-12)7-15(22)18(20)24-8-11-3-2-6-23-16(11)10-24;1-2-5-3-4-1;/h7,9,11-12,16H,2-6,8,10H2,1H3,(H,27,28);1-3H,(H,4,5);/q-1;;+1. The number of piperidine rings is 1. The molecule has 2 saturated heterocycles. The van der Waals surface area contributed by atoms with E-state index in [2.05, 4.69) is 9.97 Å². The van der Waals surface area contributed by atoms with E-state index < -0.39 is 17.2 Å². The van der Waals surface area contributed by atoms with Crippen LogP contribution < -0.4 is 15.1 Å². The van der Waals surface area contributed by atoms with Crippen molar-refractivity contribution < 1.29 is 41.4 Å². The summed E-state index contributed by atoms with van der Waals surface area (Å²) in [5.41, 5.74) is -0.197. The van der Waals surface area contributed by atoms with Crippen molar-refractivity contribution in [2.45, 2.75) is 37.8 Å². The maximum atomic E-state index is 15.3. The van der Waals surface area contributed by atoms with Gasteiger partial charge in [-0.15, -0.1) is 12.6 Å². The second-order valence-electron chi connectivity index (χ2n) is 8.99. The summed E-state index contributed by atoms with van der Waals surface area (Å²) in [5, 5.41) is 14.2. The molecule has 3 aliphatic rings. The molecule has 1 aromatic carbocycles. The Kier molecular flexibility index (Phi) is 7.65. The van der Waals surface area contributed by atoms with E-state index in [-0.39, 0.29) is 45.4 Å². The molecule has 2 aromatic heterocycles. The molecule has 4 heterocycles. The summed E-state index contributed by atoms with van der Waals surface area (Å²) in [6, 6.07) is 1.48. The number of H-pyrrole nitrogens is 1. The number of ether oxygens (including phenoxy) is 1. The van der Waals surface area contributed by atoms with Gasteiger partial charge in [0.15, 0.2) is 11.6 Å². The molecule has 3 aromatic rings. The van der Waals surface area contributed by atoms with E-state index in [0.29, 0.717) is 36.0 Å². The van der Waals surface area contributed by atoms with Crippen molar-refractivity contribution >= 4 is 22.6 Å². The molecular formula is C24H27AgFN5O4. The molecule has 1 saturated carbocycles. The fourth-order valence-electron chi connectivity index (χ4n) is 5.08. The summed E-state index contributed by atoms with van der Waals surface area (Å²) in [6.45, 7) is 2.18. The minimum atomic E-state index is -1.31. The molecule has 9 nitrogen and oxygen atoms in total. The molecule has 2 N–H and O–H groups in total. The molecule has 6 rings (SSSR count). The summed E-state index contributed by atoms with van der Waals surface area (Å²) < 4.78 is 22.8. The Hall–Kier alpha value is -2.66. The van der Waals surface area contributed by atoms with Gasteiger partial charge in [-0.1, -0.05) is 12.8 Å². The number of fused-ring (bicyclic) bond motifs is 2. The van der Waals surface area contributed by atoms with Crippen LogP contribution in [0.25, 0.3) is 16.2 Å². The van der Waals surface area contributed by atoms with Crippen molar-refractivity contribution in [3.05, 3.63) is 57.9 Å². The van der Waals surface area contributed by atoms with Crippen molar-refractivity contribution in [2.75, 3.05) is 31.6 Å². The minimum Gasteiger partial charge on any atom is -0.658 e. The van der Waals surface area contributed by atoms with Gasteiger partial charge in [-0.05, 0) is 24.8 Å². The Morgan fingerprint density at radius 2 is 2.11 bits per heavy atom. The number of aromatic carboxylic acids is 1. The van der Waals surface area contributed by atoms with Crippen LogP contribution in [0.2, 0.25) is 0 Å². The number of carbonyl (C=O) groups is 1. The Morgan fingerprint density at radius 3 is 2.69 bits per heavy atom. The number of methoxy groups -OCH3 is 1. The molecular weight excluding hydrogens is 549 g/mol. The van der Waals surface area contributed by atoms with Gasteiger partial charge in [0.05, 0.1) is 24.3 Å². The molecule has 1 aliphatic carbocycles. The number of halogens is 1. The molecule has 2 unspecified atom stereocenters. The first-order chi connectivity index (χ1) is 16.5. The normalized spacial score (nSPS) is 21.0. The molecule has 190 valence electrons. The number of aromatic amines is 1. The fourth-order valence-corrected chi connectivity index (χ4v) is 5.08. The number of rotatable bonds is 4. The summed E-state index contributed by atoms with van der Waals surface area (Å²) >= 11 is 0. The van der Waals surface area contributed by atoms with Gasteiger partial charge in [0.1, 0.15) is 11.3 Å². The number of hydrogen-bond donors (Lipinski definition) is 2. The number of hydrogen-bond acceptors (Lipinski definition) is 5. The van der Waals surface area contributed by atoms with E-state index in [4.69, 9.17) is 10.1 Å². The minimum absolute atomic E-state index is 0. The zero-order valence-electron chi connectivity index (χ0n) is 19.2. The predicted molar refractivity (Wildman–Crippen MR) is 125 cm³/mol. The quantitative estimate of drug-likeness (QED) is 0.460. The van der Waals surface area contributed by atoms with E-state index in [0.717, 1.165) is 32.2 Å². The van der Waals surface area contributed by atoms with Crippen LogP contribution in [0, 0.1) is 11.7 Å². The maximum Gasteiger partial charge on any atom is 1.00 e. The Bertz CT molecular complexity index is 1230. The third kappa shape index (κ3) is 4.88. The summed E-state index contributed by atoms with van der Waals surface area (Å²) in [5.74, 6) is -1.15. The van der Waals surface area contributed by atoms with Crippen molar-refractivity contribution in [2.24, 2.45) is 5.92 Å². The summed E-state index contributed by atoms with van der Waals surface area (Å²) in [4.78, 5) is 32.7. The molecule has 11 heteroatoms. The van der Waals surface area contributed by atoms with Gasteiger partial charge in [0.2, 0.25) is 5.43 Å². The van der Waals surface area contributed by atoms with E-state index in [1.54, 1.807) is 23.3 Å². The fraction of sp³-hybridized carbons (Fsp3) is 0.458. The van der Waals surface area contributed by atoms with Crippen molar-refractivity contribution in [1.82, 2.24) is 14.5 Å². The number of carboxylic acid groups (broad SMARTS) is 1. The molecule has 35 heavy (non-hydrogen) atoms. The predicted octanol–water partition coefficient (Wildman–Crippen LogP) is 3.56. The first kappa shape index (κ1) is 25.4. The third-order valence-corrected chi connectivity index (χ3v) is 6.80. The van der Waals surface area contributed by atoms with E-state index in [1.165, 1.54) is 19.4 Å². The number of benzene rings is 1. The van der Waals surface area contributed by atoms with Crippen LogP contribution in [0.4, 0.5) is 10.1 Å². The van der Waals surface area contributed by atoms with Gasteiger partial charge in [-0.3, -0.25) is 4.79 Å². The number of nitrogens with one attached hydrogen (secondary N) is 1. The van der Waals surface area contributed by atoms with Gasteiger partial charge in [0, 0.05) is 37.7 Å². The average molecular weight is 576 g/mol. The summed E-state index contributed by atoms with van der Waals surface area (Å²) in [7, 11) is 1.47. The maximum absolute atomic E-state index is 15.3. The van der Waals surface area contributed by atoms with Crippen LogP contribution in [0.15, 0.2) is 35.8 Å². The number of carboxylic acids is 1. The van der Waals surface area contributed by atoms with Crippen molar-refractivity contribution in [3.8, 4) is 5.75 Å². The van der Waals surface area contributed by atoms with Crippen molar-refractivity contribution in [3.63, 3.8) is 0 Å². The van der Waals surface area contributed by atoms with Crippen molar-refractivity contribution in [1.29, 1.82) is 0 Å². The SMILES string of the molecule is COc1c(N2CC3CCC[N-]C3C2)c(F)cc2c(=O)c(C(=O)O)cn(C3CC3)c12.[Ag+].c1c[nH]cn1. The molecule has 2 atom stereocenters. The number of nitrogens with zero attached hydrogens (tertiary/aromatic N) is 4. The third-order valence-electron chi connectivity index (χ3n) is 6.80. The smallest absolute Gasteiger partial charge is 0.658 e. The first-order valence-electron chi connectivity index (χ1n) is 11.5. The second-order valence-corrected chi connectivity index (χ2v) is 8.99. The Labute approximate surface area is 217 Å². The van der Waals surface area contributed by atoms with E-state index in [1.807, 2.05) is 4.90 Å². The molecule has 0 radical (unpaired) electrons. The molecule has 0 amide bonds. The Balaban J connectivity index is 0.000000431. The molecule has 3 fully saturated rings. The van der Waals surface area contributed by atoms with Gasteiger partial charge in [-0.2, -0.15) is 0 Å². The summed E-state index contributed by atoms with van der Waals surface area (Å²) in [6.07, 6.45) is 10.4. The largest absolute Gasteiger partial charge is 1.00 e. The monoisotopic (exact) mass is 575 g/mol. The van der Waals surface area contributed by atoms with Crippen LogP contribution in [-0.2, 0) is 22.4 Å². The van der Waals surface area contributed by atoms with E-state index in [9.17, 15) is 14.7 Å². The van der Waals surface area contributed by atoms with Crippen LogP contribution >= 0.6 is 0 Å². The molecule has 0 bridgehead atoms. The average Bonchev–Trinajstić information content (AvgIpc) is 3.31. The van der Waals surface area contributed by atoms with Crippen LogP contribution in [0.5, 0.6) is 5.75 Å². The van der Waals surface area contributed by atoms with E-state index >= 15 is 4.39 Å². The van der Waals surface area contributed by atoms with Gasteiger partial charge in [-0.25, -0.2) is 14.2 Å². The van der Waals surface area contributed by atoms with Gasteiger partial charge < -0.3 is 29.6 Å². The molecule has 2 aliphatic heterocycles. The zero-order valence-corrected chi connectivity index (χ0v) is 20.7. The van der Waals surface area contributed by atoms with Crippen LogP contribution in [0.1, 0.15) is 42.1 Å². The zero-order chi connectivity index (χ0) is 23.8. The topological polar surface area (TPSA) is 115 Å². The Morgan fingerprint density at radius 1 is 1.31 bits per heavy atom. The van der Waals surface area contributed by atoms with Crippen LogP contribution in [-0.4, -0.2) is 58.4 Å². The number of pyridine rings is 1. The number of anilines is 1. The van der Waals surface area contributed by atoms with Gasteiger partial charge in [0.25, 0.3) is 0 Å². The number of imidazole rings is 1. The van der Waals surface area contributed by atoms with Crippen LogP contribution in [0.3, 0.4) is 0 Å². The molecule has 0 spiro atoms. The second kappa shape index (κ2) is 10.5.